The molecule has 0 radical (unpaired) electrons. The molecule has 0 bridgehead atoms. The van der Waals surface area contributed by atoms with Crippen LogP contribution >= 0.6 is 24.0 Å². The summed E-state index contributed by atoms with van der Waals surface area (Å²) >= 11 is 0. The van der Waals surface area contributed by atoms with Gasteiger partial charge in [-0.1, -0.05) is 19.4 Å². The summed E-state index contributed by atoms with van der Waals surface area (Å²) in [6.07, 6.45) is 4.31. The molecule has 6 nitrogen and oxygen atoms in total. The summed E-state index contributed by atoms with van der Waals surface area (Å²) in [5.41, 5.74) is 1.30. The number of nitrogens with zero attached hydrogens (tertiary/aromatic N) is 2. The van der Waals surface area contributed by atoms with E-state index in [0.717, 1.165) is 56.6 Å². The molecule has 1 saturated heterocycles. The van der Waals surface area contributed by atoms with Gasteiger partial charge in [0.1, 0.15) is 0 Å². The molecule has 7 heteroatoms. The summed E-state index contributed by atoms with van der Waals surface area (Å²) in [6, 6.07) is 6.33. The Balaban J connectivity index is 0.00000261. The zero-order valence-electron chi connectivity index (χ0n) is 16.6. The van der Waals surface area contributed by atoms with Crippen LogP contribution in [0.3, 0.4) is 0 Å². The highest BCUT2D eigenvalue weighted by Gasteiger charge is 2.36. The fourth-order valence-corrected chi connectivity index (χ4v) is 3.69. The average Bonchev–Trinajstić information content (AvgIpc) is 3.15. The second kappa shape index (κ2) is 10.4. The average molecular weight is 489 g/mol. The van der Waals surface area contributed by atoms with Crippen LogP contribution in [0.15, 0.2) is 23.2 Å². The lowest BCUT2D eigenvalue weighted by atomic mass is 9.74. The second-order valence-electron chi connectivity index (χ2n) is 7.14. The van der Waals surface area contributed by atoms with Crippen LogP contribution in [-0.4, -0.2) is 58.1 Å². The van der Waals surface area contributed by atoms with Gasteiger partial charge in [-0.2, -0.15) is 0 Å². The molecule has 0 unspecified atom stereocenters. The zero-order chi connectivity index (χ0) is 18.4. The molecule has 0 saturated carbocycles. The van der Waals surface area contributed by atoms with E-state index < -0.39 is 0 Å². The van der Waals surface area contributed by atoms with Crippen molar-refractivity contribution < 1.29 is 14.2 Å². The third kappa shape index (κ3) is 5.19. The number of guanidine groups is 1. The van der Waals surface area contributed by atoms with Gasteiger partial charge in [0.05, 0.1) is 0 Å². The molecule has 2 aliphatic rings. The number of fused-ring (bicyclic) bond motifs is 1. The third-order valence-corrected chi connectivity index (χ3v) is 5.44. The maximum absolute atomic E-state index is 5.65. The predicted octanol–water partition coefficient (Wildman–Crippen LogP) is 3.39. The van der Waals surface area contributed by atoms with Gasteiger partial charge in [-0.25, -0.2) is 0 Å². The van der Waals surface area contributed by atoms with Gasteiger partial charge < -0.3 is 24.4 Å². The summed E-state index contributed by atoms with van der Waals surface area (Å²) < 4.78 is 16.7. The molecule has 0 atom stereocenters. The van der Waals surface area contributed by atoms with Crippen molar-refractivity contribution in [3.05, 3.63) is 23.8 Å². The van der Waals surface area contributed by atoms with E-state index in [0.29, 0.717) is 6.79 Å². The highest BCUT2D eigenvalue weighted by atomic mass is 127. The first-order chi connectivity index (χ1) is 12.7. The monoisotopic (exact) mass is 489 g/mol. The van der Waals surface area contributed by atoms with Crippen LogP contribution in [-0.2, 0) is 10.2 Å². The van der Waals surface area contributed by atoms with E-state index in [1.807, 2.05) is 13.1 Å². The number of rotatable bonds is 6. The molecule has 27 heavy (non-hydrogen) atoms. The van der Waals surface area contributed by atoms with Crippen molar-refractivity contribution in [2.24, 2.45) is 4.99 Å². The quantitative estimate of drug-likeness (QED) is 0.377. The van der Waals surface area contributed by atoms with E-state index in [2.05, 4.69) is 41.3 Å². The Morgan fingerprint density at radius 1 is 1.22 bits per heavy atom. The Labute approximate surface area is 179 Å². The van der Waals surface area contributed by atoms with Gasteiger partial charge in [-0.3, -0.25) is 4.99 Å². The maximum Gasteiger partial charge on any atom is 0.231 e. The molecule has 1 N–H and O–H groups in total. The van der Waals surface area contributed by atoms with Crippen LogP contribution in [0.4, 0.5) is 0 Å². The highest BCUT2D eigenvalue weighted by Crippen LogP contribution is 2.40. The molecule has 2 aliphatic heterocycles. The minimum Gasteiger partial charge on any atom is -0.454 e. The van der Waals surface area contributed by atoms with Crippen molar-refractivity contribution in [1.29, 1.82) is 0 Å². The van der Waals surface area contributed by atoms with E-state index >= 15 is 0 Å². The molecule has 152 valence electrons. The van der Waals surface area contributed by atoms with Gasteiger partial charge in [0.25, 0.3) is 0 Å². The number of hydrogen-bond acceptors (Lipinski definition) is 4. The molecular weight excluding hydrogens is 457 g/mol. The van der Waals surface area contributed by atoms with E-state index in [1.165, 1.54) is 18.4 Å². The lowest BCUT2D eigenvalue weighted by molar-refractivity contribution is 0.0511. The summed E-state index contributed by atoms with van der Waals surface area (Å²) in [7, 11) is 3.95. The Hall–Kier alpha value is -1.22. The SMILES string of the molecule is CCCCN(C)C(=NC)NCC1(c2ccc3c(c2)OCO3)CCOCC1.I. The molecule has 0 aromatic heterocycles. The summed E-state index contributed by atoms with van der Waals surface area (Å²) in [6.45, 7) is 5.92. The van der Waals surface area contributed by atoms with E-state index in [9.17, 15) is 0 Å². The lowest BCUT2D eigenvalue weighted by Gasteiger charge is -2.39. The summed E-state index contributed by atoms with van der Waals surface area (Å²) in [4.78, 5) is 6.67. The molecule has 0 amide bonds. The maximum atomic E-state index is 5.65. The van der Waals surface area contributed by atoms with Crippen molar-refractivity contribution in [2.45, 2.75) is 38.0 Å². The van der Waals surface area contributed by atoms with Crippen molar-refractivity contribution >= 4 is 29.9 Å². The highest BCUT2D eigenvalue weighted by molar-refractivity contribution is 14.0. The number of benzene rings is 1. The molecule has 1 aromatic rings. The molecule has 0 aliphatic carbocycles. The smallest absolute Gasteiger partial charge is 0.231 e. The van der Waals surface area contributed by atoms with Crippen LogP contribution in [0, 0.1) is 0 Å². The number of aliphatic imine (C=N–C) groups is 1. The predicted molar refractivity (Wildman–Crippen MR) is 119 cm³/mol. The van der Waals surface area contributed by atoms with Crippen LogP contribution in [0.5, 0.6) is 11.5 Å². The normalized spacial score (nSPS) is 18.0. The fourth-order valence-electron chi connectivity index (χ4n) is 3.69. The Morgan fingerprint density at radius 3 is 2.67 bits per heavy atom. The minimum atomic E-state index is 0. The van der Waals surface area contributed by atoms with Gasteiger partial charge in [0.2, 0.25) is 6.79 Å². The molecular formula is C20H32IN3O3. The molecule has 0 spiro atoms. The zero-order valence-corrected chi connectivity index (χ0v) is 19.0. The van der Waals surface area contributed by atoms with Crippen molar-refractivity contribution in [1.82, 2.24) is 10.2 Å². The van der Waals surface area contributed by atoms with Gasteiger partial charge >= 0.3 is 0 Å². The number of hydrogen-bond donors (Lipinski definition) is 1. The topological polar surface area (TPSA) is 55.3 Å². The van der Waals surface area contributed by atoms with E-state index in [1.54, 1.807) is 0 Å². The molecule has 1 fully saturated rings. The van der Waals surface area contributed by atoms with E-state index in [4.69, 9.17) is 14.2 Å². The van der Waals surface area contributed by atoms with Crippen molar-refractivity contribution in [3.8, 4) is 11.5 Å². The van der Waals surface area contributed by atoms with E-state index in [-0.39, 0.29) is 29.4 Å². The molecule has 2 heterocycles. The van der Waals surface area contributed by atoms with Crippen LogP contribution < -0.4 is 14.8 Å². The summed E-state index contributed by atoms with van der Waals surface area (Å²) in [5.74, 6) is 2.63. The van der Waals surface area contributed by atoms with Crippen molar-refractivity contribution in [2.75, 3.05) is 47.2 Å². The fraction of sp³-hybridized carbons (Fsp3) is 0.650. The molecule has 3 rings (SSSR count). The van der Waals surface area contributed by atoms with Gasteiger partial charge in [-0.05, 0) is 37.0 Å². The first-order valence-corrected chi connectivity index (χ1v) is 9.58. The first-order valence-electron chi connectivity index (χ1n) is 9.58. The second-order valence-corrected chi connectivity index (χ2v) is 7.14. The van der Waals surface area contributed by atoms with Crippen LogP contribution in [0.25, 0.3) is 0 Å². The van der Waals surface area contributed by atoms with Gasteiger partial charge in [0, 0.05) is 45.8 Å². The number of halogens is 1. The third-order valence-electron chi connectivity index (χ3n) is 5.44. The number of nitrogens with one attached hydrogen (secondary N) is 1. The van der Waals surface area contributed by atoms with Crippen LogP contribution in [0.1, 0.15) is 38.2 Å². The Morgan fingerprint density at radius 2 is 1.96 bits per heavy atom. The largest absolute Gasteiger partial charge is 0.454 e. The van der Waals surface area contributed by atoms with Crippen molar-refractivity contribution in [3.63, 3.8) is 0 Å². The Bertz CT molecular complexity index is 633. The number of ether oxygens (including phenoxy) is 3. The first kappa shape index (κ1) is 22.1. The minimum absolute atomic E-state index is 0. The Kier molecular flexibility index (Phi) is 8.47. The lowest BCUT2D eigenvalue weighted by Crippen LogP contribution is -2.48. The molecule has 1 aromatic carbocycles. The number of unbranched alkanes of at least 4 members (excludes halogenated alkanes) is 1. The van der Waals surface area contributed by atoms with Gasteiger partial charge in [-0.15, -0.1) is 24.0 Å². The van der Waals surface area contributed by atoms with Gasteiger partial charge in [0.15, 0.2) is 17.5 Å². The van der Waals surface area contributed by atoms with Crippen LogP contribution in [0.2, 0.25) is 0 Å². The standard InChI is InChI=1S/C20H31N3O3.HI/c1-4-5-10-23(3)19(21-2)22-14-20(8-11-24-12-9-20)16-6-7-17-18(13-16)26-15-25-17;/h6-7,13H,4-5,8-12,14-15H2,1-3H3,(H,21,22);1H. The summed E-state index contributed by atoms with van der Waals surface area (Å²) in [5, 5.41) is 3.60.